The van der Waals surface area contributed by atoms with Crippen molar-refractivity contribution < 1.29 is 9.59 Å². The Kier molecular flexibility index (Phi) is 3.72. The summed E-state index contributed by atoms with van der Waals surface area (Å²) in [5, 5.41) is 0. The fraction of sp³-hybridized carbons (Fsp3) is 0.0667. The van der Waals surface area contributed by atoms with Crippen molar-refractivity contribution in [2.75, 3.05) is 0 Å². The number of aryl methyl sites for hydroxylation is 1. The van der Waals surface area contributed by atoms with Crippen LogP contribution in [0.1, 0.15) is 26.3 Å². The van der Waals surface area contributed by atoms with E-state index >= 15 is 0 Å². The first kappa shape index (κ1) is 12.7. The molecular formula is C15H11BrO2. The van der Waals surface area contributed by atoms with E-state index in [0.29, 0.717) is 11.1 Å². The standard InChI is InChI=1S/C15H11BrO2/c1-10-7-8-12(16)9-13(10)15(18)14(17)11-5-3-2-4-6-11/h2-9H,1H3. The van der Waals surface area contributed by atoms with Crippen LogP contribution in [0.15, 0.2) is 53.0 Å². The number of ketones is 2. The maximum Gasteiger partial charge on any atom is 0.233 e. The normalized spacial score (nSPS) is 10.1. The summed E-state index contributed by atoms with van der Waals surface area (Å²) in [7, 11) is 0. The molecular weight excluding hydrogens is 292 g/mol. The largest absolute Gasteiger partial charge is 0.285 e. The molecule has 0 fully saturated rings. The van der Waals surface area contributed by atoms with Crippen LogP contribution in [0.4, 0.5) is 0 Å². The molecule has 0 spiro atoms. The number of carbonyl (C=O) groups excluding carboxylic acids is 2. The Morgan fingerprint density at radius 2 is 1.61 bits per heavy atom. The van der Waals surface area contributed by atoms with Crippen LogP contribution in [0, 0.1) is 6.92 Å². The van der Waals surface area contributed by atoms with Crippen LogP contribution in [0.5, 0.6) is 0 Å². The highest BCUT2D eigenvalue weighted by molar-refractivity contribution is 9.10. The second-order valence-electron chi connectivity index (χ2n) is 3.98. The SMILES string of the molecule is Cc1ccc(Br)cc1C(=O)C(=O)c1ccccc1. The van der Waals surface area contributed by atoms with Crippen molar-refractivity contribution in [1.82, 2.24) is 0 Å². The molecule has 0 radical (unpaired) electrons. The van der Waals surface area contributed by atoms with Gasteiger partial charge in [0, 0.05) is 15.6 Å². The van der Waals surface area contributed by atoms with Gasteiger partial charge in [-0.25, -0.2) is 0 Å². The Labute approximate surface area is 114 Å². The third-order valence-electron chi connectivity index (χ3n) is 2.69. The highest BCUT2D eigenvalue weighted by Crippen LogP contribution is 2.18. The third-order valence-corrected chi connectivity index (χ3v) is 3.18. The first-order valence-corrected chi connectivity index (χ1v) is 6.29. The zero-order valence-corrected chi connectivity index (χ0v) is 11.4. The molecule has 18 heavy (non-hydrogen) atoms. The number of halogens is 1. The first-order valence-electron chi connectivity index (χ1n) is 5.50. The van der Waals surface area contributed by atoms with Crippen LogP contribution in [0.25, 0.3) is 0 Å². The van der Waals surface area contributed by atoms with Gasteiger partial charge in [-0.3, -0.25) is 9.59 Å². The number of hydrogen-bond acceptors (Lipinski definition) is 2. The van der Waals surface area contributed by atoms with Gasteiger partial charge in [0.05, 0.1) is 0 Å². The predicted octanol–water partition coefficient (Wildman–Crippen LogP) is 3.82. The van der Waals surface area contributed by atoms with Crippen molar-refractivity contribution in [3.63, 3.8) is 0 Å². The van der Waals surface area contributed by atoms with E-state index in [4.69, 9.17) is 0 Å². The van der Waals surface area contributed by atoms with E-state index in [2.05, 4.69) is 15.9 Å². The van der Waals surface area contributed by atoms with Crippen molar-refractivity contribution in [3.8, 4) is 0 Å². The van der Waals surface area contributed by atoms with Gasteiger partial charge in [0.15, 0.2) is 0 Å². The Morgan fingerprint density at radius 1 is 0.944 bits per heavy atom. The average Bonchev–Trinajstić information content (AvgIpc) is 2.41. The van der Waals surface area contributed by atoms with Crippen molar-refractivity contribution in [3.05, 3.63) is 69.7 Å². The van der Waals surface area contributed by atoms with E-state index in [1.54, 1.807) is 30.3 Å². The maximum atomic E-state index is 12.1. The van der Waals surface area contributed by atoms with Crippen LogP contribution >= 0.6 is 15.9 Å². The van der Waals surface area contributed by atoms with Crippen LogP contribution in [0.3, 0.4) is 0 Å². The molecule has 0 amide bonds. The molecule has 0 saturated carbocycles. The highest BCUT2D eigenvalue weighted by Gasteiger charge is 2.19. The lowest BCUT2D eigenvalue weighted by atomic mass is 9.98. The second-order valence-corrected chi connectivity index (χ2v) is 4.90. The van der Waals surface area contributed by atoms with Crippen LogP contribution in [0.2, 0.25) is 0 Å². The van der Waals surface area contributed by atoms with Crippen molar-refractivity contribution in [2.24, 2.45) is 0 Å². The molecule has 0 atom stereocenters. The van der Waals surface area contributed by atoms with Gasteiger partial charge in [-0.2, -0.15) is 0 Å². The maximum absolute atomic E-state index is 12.1. The Hall–Kier alpha value is -1.74. The number of Topliss-reactive ketones (excluding diaryl/α,β-unsaturated/α-hetero) is 2. The minimum absolute atomic E-state index is 0.418. The lowest BCUT2D eigenvalue weighted by Gasteiger charge is -2.05. The summed E-state index contributed by atoms with van der Waals surface area (Å²) in [4.78, 5) is 24.2. The van der Waals surface area contributed by atoms with Gasteiger partial charge in [0.1, 0.15) is 0 Å². The van der Waals surface area contributed by atoms with E-state index in [0.717, 1.165) is 10.0 Å². The summed E-state index contributed by atoms with van der Waals surface area (Å²) in [5.41, 5.74) is 1.66. The molecule has 2 aromatic rings. The zero-order valence-electron chi connectivity index (χ0n) is 9.81. The molecule has 0 unspecified atom stereocenters. The number of hydrogen-bond donors (Lipinski definition) is 0. The summed E-state index contributed by atoms with van der Waals surface area (Å²) in [5.74, 6) is -0.947. The minimum Gasteiger partial charge on any atom is -0.285 e. The lowest BCUT2D eigenvalue weighted by molar-refractivity contribution is 0.0816. The van der Waals surface area contributed by atoms with Crippen molar-refractivity contribution in [2.45, 2.75) is 6.92 Å². The van der Waals surface area contributed by atoms with E-state index in [-0.39, 0.29) is 0 Å². The zero-order chi connectivity index (χ0) is 13.1. The van der Waals surface area contributed by atoms with Gasteiger partial charge in [-0.05, 0) is 24.6 Å². The quantitative estimate of drug-likeness (QED) is 0.638. The average molecular weight is 303 g/mol. The van der Waals surface area contributed by atoms with E-state index in [1.807, 2.05) is 25.1 Å². The number of benzene rings is 2. The molecule has 0 aliphatic heterocycles. The molecule has 90 valence electrons. The Bertz CT molecular complexity index is 603. The first-order chi connectivity index (χ1) is 8.59. The molecule has 2 aromatic carbocycles. The summed E-state index contributed by atoms with van der Waals surface area (Å²) in [6, 6.07) is 13.9. The van der Waals surface area contributed by atoms with Crippen LogP contribution < -0.4 is 0 Å². The molecule has 2 rings (SSSR count). The fourth-order valence-electron chi connectivity index (χ4n) is 1.68. The van der Waals surface area contributed by atoms with Crippen molar-refractivity contribution >= 4 is 27.5 Å². The van der Waals surface area contributed by atoms with Gasteiger partial charge in [-0.15, -0.1) is 0 Å². The van der Waals surface area contributed by atoms with Crippen LogP contribution in [-0.2, 0) is 0 Å². The summed E-state index contributed by atoms with van der Waals surface area (Å²) in [6.07, 6.45) is 0. The van der Waals surface area contributed by atoms with Gasteiger partial charge >= 0.3 is 0 Å². The van der Waals surface area contributed by atoms with Gasteiger partial charge in [-0.1, -0.05) is 52.3 Å². The topological polar surface area (TPSA) is 34.1 Å². The molecule has 0 saturated heterocycles. The summed E-state index contributed by atoms with van der Waals surface area (Å²) >= 11 is 3.31. The van der Waals surface area contributed by atoms with Gasteiger partial charge in [0.2, 0.25) is 11.6 Å². The summed E-state index contributed by atoms with van der Waals surface area (Å²) in [6.45, 7) is 1.82. The predicted molar refractivity (Wildman–Crippen MR) is 74.0 cm³/mol. The molecule has 0 heterocycles. The lowest BCUT2D eigenvalue weighted by Crippen LogP contribution is -2.15. The van der Waals surface area contributed by atoms with Crippen molar-refractivity contribution in [1.29, 1.82) is 0 Å². The monoisotopic (exact) mass is 302 g/mol. The smallest absolute Gasteiger partial charge is 0.233 e. The Morgan fingerprint density at radius 3 is 2.28 bits per heavy atom. The van der Waals surface area contributed by atoms with E-state index in [1.165, 1.54) is 0 Å². The van der Waals surface area contributed by atoms with E-state index < -0.39 is 11.6 Å². The van der Waals surface area contributed by atoms with Crippen LogP contribution in [-0.4, -0.2) is 11.6 Å². The summed E-state index contributed by atoms with van der Waals surface area (Å²) < 4.78 is 0.789. The minimum atomic E-state index is -0.475. The van der Waals surface area contributed by atoms with E-state index in [9.17, 15) is 9.59 Å². The molecule has 0 bridgehead atoms. The molecule has 0 aliphatic rings. The van der Waals surface area contributed by atoms with Gasteiger partial charge in [0.25, 0.3) is 0 Å². The molecule has 2 nitrogen and oxygen atoms in total. The molecule has 0 aromatic heterocycles. The highest BCUT2D eigenvalue weighted by atomic mass is 79.9. The number of carbonyl (C=O) groups is 2. The van der Waals surface area contributed by atoms with Gasteiger partial charge < -0.3 is 0 Å². The third kappa shape index (κ3) is 2.57. The molecule has 0 aliphatic carbocycles. The number of rotatable bonds is 3. The fourth-order valence-corrected chi connectivity index (χ4v) is 2.04. The molecule has 3 heteroatoms. The molecule has 0 N–H and O–H groups in total. The second kappa shape index (κ2) is 5.27. The Balaban J connectivity index is 2.38.